The van der Waals surface area contributed by atoms with Crippen LogP contribution in [-0.4, -0.2) is 25.3 Å². The second-order valence-electron chi connectivity index (χ2n) is 6.44. The number of benzene rings is 1. The van der Waals surface area contributed by atoms with Gasteiger partial charge in [0.25, 0.3) is 0 Å². The Morgan fingerprint density at radius 1 is 1.29 bits per heavy atom. The summed E-state index contributed by atoms with van der Waals surface area (Å²) in [5.41, 5.74) is 4.38. The van der Waals surface area contributed by atoms with E-state index in [1.807, 2.05) is 0 Å². The highest BCUT2D eigenvalue weighted by Gasteiger charge is 2.18. The Morgan fingerprint density at radius 3 is 2.67 bits per heavy atom. The van der Waals surface area contributed by atoms with Gasteiger partial charge in [0.05, 0.1) is 6.10 Å². The third-order valence-electron chi connectivity index (χ3n) is 4.64. The molecular formula is C19H31NO. The average molecular weight is 289 g/mol. The Morgan fingerprint density at radius 2 is 2.05 bits per heavy atom. The van der Waals surface area contributed by atoms with Crippen LogP contribution in [-0.2, 0) is 11.2 Å². The first-order valence-corrected chi connectivity index (χ1v) is 8.60. The predicted octanol–water partition coefficient (Wildman–Crippen LogP) is 4.17. The number of hydrogen-bond acceptors (Lipinski definition) is 2. The largest absolute Gasteiger partial charge is 0.378 e. The smallest absolute Gasteiger partial charge is 0.0576 e. The van der Waals surface area contributed by atoms with E-state index in [0.29, 0.717) is 12.1 Å². The molecular weight excluding hydrogens is 258 g/mol. The van der Waals surface area contributed by atoms with E-state index in [-0.39, 0.29) is 0 Å². The lowest BCUT2D eigenvalue weighted by Gasteiger charge is -2.22. The van der Waals surface area contributed by atoms with E-state index < -0.39 is 0 Å². The first-order chi connectivity index (χ1) is 10.2. The van der Waals surface area contributed by atoms with Crippen molar-refractivity contribution in [2.24, 2.45) is 0 Å². The van der Waals surface area contributed by atoms with Crippen LogP contribution in [0.25, 0.3) is 0 Å². The van der Waals surface area contributed by atoms with Gasteiger partial charge in [0, 0.05) is 12.6 Å². The van der Waals surface area contributed by atoms with E-state index in [2.05, 4.69) is 44.3 Å². The van der Waals surface area contributed by atoms with E-state index >= 15 is 0 Å². The number of rotatable bonds is 8. The van der Waals surface area contributed by atoms with Crippen LogP contribution in [0.3, 0.4) is 0 Å². The molecule has 0 aliphatic carbocycles. The van der Waals surface area contributed by atoms with Crippen LogP contribution in [0.2, 0.25) is 0 Å². The minimum absolute atomic E-state index is 0.508. The van der Waals surface area contributed by atoms with Crippen LogP contribution >= 0.6 is 0 Å². The maximum atomic E-state index is 5.78. The maximum absolute atomic E-state index is 5.78. The number of ether oxygens (including phenoxy) is 1. The molecule has 2 atom stereocenters. The highest BCUT2D eigenvalue weighted by Crippen LogP contribution is 2.21. The molecule has 21 heavy (non-hydrogen) atoms. The molecule has 0 spiro atoms. The number of hydrogen-bond donors (Lipinski definition) is 1. The van der Waals surface area contributed by atoms with Gasteiger partial charge in [-0.3, -0.25) is 0 Å². The van der Waals surface area contributed by atoms with Crippen LogP contribution in [0.15, 0.2) is 18.2 Å². The molecule has 1 aromatic rings. The second kappa shape index (κ2) is 8.55. The van der Waals surface area contributed by atoms with Crippen molar-refractivity contribution in [2.75, 3.05) is 13.2 Å². The summed E-state index contributed by atoms with van der Waals surface area (Å²) in [7, 11) is 0. The zero-order valence-electron chi connectivity index (χ0n) is 14.0. The summed E-state index contributed by atoms with van der Waals surface area (Å²) >= 11 is 0. The van der Waals surface area contributed by atoms with E-state index in [4.69, 9.17) is 4.74 Å². The molecule has 1 fully saturated rings. The van der Waals surface area contributed by atoms with Crippen LogP contribution in [0.1, 0.15) is 55.7 Å². The van der Waals surface area contributed by atoms with Crippen molar-refractivity contribution in [2.45, 2.75) is 71.4 Å². The third kappa shape index (κ3) is 5.12. The highest BCUT2D eigenvalue weighted by molar-refractivity contribution is 5.34. The highest BCUT2D eigenvalue weighted by atomic mass is 16.5. The molecule has 1 saturated heterocycles. The van der Waals surface area contributed by atoms with Gasteiger partial charge in [-0.15, -0.1) is 0 Å². The molecule has 1 aromatic carbocycles. The van der Waals surface area contributed by atoms with Gasteiger partial charge in [0.15, 0.2) is 0 Å². The molecule has 1 aliphatic rings. The van der Waals surface area contributed by atoms with Crippen molar-refractivity contribution in [3.05, 3.63) is 34.9 Å². The molecule has 118 valence electrons. The fourth-order valence-corrected chi connectivity index (χ4v) is 3.30. The molecule has 0 aromatic heterocycles. The normalized spacial score (nSPS) is 19.9. The molecule has 2 nitrogen and oxygen atoms in total. The zero-order valence-corrected chi connectivity index (χ0v) is 14.0. The second-order valence-corrected chi connectivity index (χ2v) is 6.44. The first kappa shape index (κ1) is 16.5. The van der Waals surface area contributed by atoms with Gasteiger partial charge in [-0.25, -0.2) is 0 Å². The SMILES string of the molecule is CCCNC(CCC1CCCO1)Cc1c(C)cccc1C. The van der Waals surface area contributed by atoms with Gasteiger partial charge in [-0.1, -0.05) is 25.1 Å². The summed E-state index contributed by atoms with van der Waals surface area (Å²) in [5.74, 6) is 0. The van der Waals surface area contributed by atoms with Gasteiger partial charge < -0.3 is 10.1 Å². The summed E-state index contributed by atoms with van der Waals surface area (Å²) in [6.45, 7) is 8.79. The standard InChI is InChI=1S/C19H31NO/c1-4-12-20-17(10-11-18-9-6-13-21-18)14-19-15(2)7-5-8-16(19)3/h5,7-8,17-18,20H,4,6,9-14H2,1-3H3. The molecule has 2 unspecified atom stereocenters. The van der Waals surface area contributed by atoms with E-state index in [1.54, 1.807) is 0 Å². The van der Waals surface area contributed by atoms with Crippen molar-refractivity contribution in [3.63, 3.8) is 0 Å². The van der Waals surface area contributed by atoms with Gasteiger partial charge in [-0.05, 0) is 75.6 Å². The number of aryl methyl sites for hydroxylation is 2. The van der Waals surface area contributed by atoms with Crippen molar-refractivity contribution >= 4 is 0 Å². The fourth-order valence-electron chi connectivity index (χ4n) is 3.30. The van der Waals surface area contributed by atoms with E-state index in [9.17, 15) is 0 Å². The Labute approximate surface area is 130 Å². The van der Waals surface area contributed by atoms with E-state index in [1.165, 1.54) is 48.8 Å². The minimum atomic E-state index is 0.508. The van der Waals surface area contributed by atoms with Crippen molar-refractivity contribution in [1.29, 1.82) is 0 Å². The van der Waals surface area contributed by atoms with Crippen LogP contribution in [0.4, 0.5) is 0 Å². The lowest BCUT2D eigenvalue weighted by Crippen LogP contribution is -2.33. The molecule has 2 rings (SSSR count). The molecule has 0 bridgehead atoms. The summed E-state index contributed by atoms with van der Waals surface area (Å²) in [6, 6.07) is 7.21. The average Bonchev–Trinajstić information content (AvgIpc) is 2.98. The van der Waals surface area contributed by atoms with Crippen LogP contribution in [0, 0.1) is 13.8 Å². The maximum Gasteiger partial charge on any atom is 0.0576 e. The fraction of sp³-hybridized carbons (Fsp3) is 0.684. The molecule has 1 aliphatic heterocycles. The van der Waals surface area contributed by atoms with Gasteiger partial charge in [0.1, 0.15) is 0 Å². The van der Waals surface area contributed by atoms with Gasteiger partial charge in [0.2, 0.25) is 0 Å². The summed E-state index contributed by atoms with van der Waals surface area (Å²) < 4.78 is 5.78. The summed E-state index contributed by atoms with van der Waals surface area (Å²) in [6.07, 6.45) is 7.77. The van der Waals surface area contributed by atoms with Crippen molar-refractivity contribution in [1.82, 2.24) is 5.32 Å². The van der Waals surface area contributed by atoms with Crippen LogP contribution in [0.5, 0.6) is 0 Å². The van der Waals surface area contributed by atoms with Crippen molar-refractivity contribution < 1.29 is 4.74 Å². The lowest BCUT2D eigenvalue weighted by molar-refractivity contribution is 0.0995. The van der Waals surface area contributed by atoms with Gasteiger partial charge >= 0.3 is 0 Å². The van der Waals surface area contributed by atoms with Gasteiger partial charge in [-0.2, -0.15) is 0 Å². The Bertz CT molecular complexity index is 403. The molecule has 1 N–H and O–H groups in total. The Kier molecular flexibility index (Phi) is 6.72. The molecule has 0 radical (unpaired) electrons. The third-order valence-corrected chi connectivity index (χ3v) is 4.64. The quantitative estimate of drug-likeness (QED) is 0.775. The first-order valence-electron chi connectivity index (χ1n) is 8.60. The van der Waals surface area contributed by atoms with E-state index in [0.717, 1.165) is 19.6 Å². The van der Waals surface area contributed by atoms with Crippen molar-refractivity contribution in [3.8, 4) is 0 Å². The lowest BCUT2D eigenvalue weighted by atomic mass is 9.93. The zero-order chi connectivity index (χ0) is 15.1. The topological polar surface area (TPSA) is 21.3 Å². The Hall–Kier alpha value is -0.860. The predicted molar refractivity (Wildman–Crippen MR) is 89.9 cm³/mol. The summed E-state index contributed by atoms with van der Waals surface area (Å²) in [4.78, 5) is 0. The monoisotopic (exact) mass is 289 g/mol. The molecule has 1 heterocycles. The molecule has 2 heteroatoms. The Balaban J connectivity index is 1.94. The number of nitrogens with one attached hydrogen (secondary N) is 1. The van der Waals surface area contributed by atoms with Crippen LogP contribution < -0.4 is 5.32 Å². The minimum Gasteiger partial charge on any atom is -0.378 e. The molecule has 0 amide bonds. The summed E-state index contributed by atoms with van der Waals surface area (Å²) in [5, 5.41) is 3.74. The molecule has 0 saturated carbocycles.